The molecule has 3 aromatic rings. The lowest BCUT2D eigenvalue weighted by Crippen LogP contribution is -1.97. The average molecular weight is 293 g/mol. The number of hydrogen-bond donors (Lipinski definition) is 1. The second-order valence-corrected chi connectivity index (χ2v) is 6.06. The fourth-order valence-electron chi connectivity index (χ4n) is 2.68. The molecule has 4 heteroatoms. The minimum absolute atomic E-state index is 0.620. The Kier molecular flexibility index (Phi) is 2.86. The summed E-state index contributed by atoms with van der Waals surface area (Å²) in [4.78, 5) is 12.6. The number of aromatic amines is 1. The molecule has 2 heterocycles. The molecule has 1 fully saturated rings. The Morgan fingerprint density at radius 2 is 1.95 bits per heavy atom. The number of aryl methyl sites for hydroxylation is 1. The van der Waals surface area contributed by atoms with Gasteiger partial charge in [-0.15, -0.1) is 0 Å². The lowest BCUT2D eigenvalue weighted by atomic mass is 10.1. The number of rotatable bonds is 2. The summed E-state index contributed by atoms with van der Waals surface area (Å²) in [6.07, 6.45) is 2.47. The van der Waals surface area contributed by atoms with Gasteiger partial charge in [0.05, 0.1) is 5.52 Å². The molecule has 0 aliphatic heterocycles. The zero-order valence-corrected chi connectivity index (χ0v) is 12.6. The number of nitrogens with one attached hydrogen (secondary N) is 1. The van der Waals surface area contributed by atoms with Crippen LogP contribution in [0.1, 0.15) is 30.0 Å². The monoisotopic (exact) mass is 293 g/mol. The van der Waals surface area contributed by atoms with Crippen LogP contribution in [0.4, 0.5) is 0 Å². The first kappa shape index (κ1) is 12.7. The van der Waals surface area contributed by atoms with E-state index in [4.69, 9.17) is 17.2 Å². The molecule has 1 aliphatic carbocycles. The van der Waals surface area contributed by atoms with E-state index in [2.05, 4.69) is 29.0 Å². The normalized spacial score (nSPS) is 14.5. The number of fused-ring (bicyclic) bond motifs is 1. The van der Waals surface area contributed by atoms with Crippen LogP contribution in [-0.4, -0.2) is 15.0 Å². The Hall–Kier alpha value is -2.07. The second kappa shape index (κ2) is 4.74. The van der Waals surface area contributed by atoms with Crippen LogP contribution in [0.25, 0.3) is 22.4 Å². The highest BCUT2D eigenvalue weighted by Crippen LogP contribution is 2.39. The maximum atomic E-state index is 5.30. The number of nitrogens with zero attached hydrogens (tertiary/aromatic N) is 2. The van der Waals surface area contributed by atoms with Gasteiger partial charge in [0.25, 0.3) is 0 Å². The van der Waals surface area contributed by atoms with Gasteiger partial charge in [-0.25, -0.2) is 9.97 Å². The molecule has 1 saturated carbocycles. The molecular weight excluding hydrogens is 278 g/mol. The minimum Gasteiger partial charge on any atom is -0.342 e. The van der Waals surface area contributed by atoms with E-state index in [-0.39, 0.29) is 0 Å². The van der Waals surface area contributed by atoms with E-state index in [0.29, 0.717) is 10.6 Å². The van der Waals surface area contributed by atoms with Gasteiger partial charge >= 0.3 is 0 Å². The summed E-state index contributed by atoms with van der Waals surface area (Å²) in [5.74, 6) is 1.40. The van der Waals surface area contributed by atoms with E-state index in [0.717, 1.165) is 17.0 Å². The molecular formula is C17H15N3S. The van der Waals surface area contributed by atoms with Gasteiger partial charge < -0.3 is 4.98 Å². The molecule has 0 atom stereocenters. The van der Waals surface area contributed by atoms with Crippen molar-refractivity contribution in [3.63, 3.8) is 0 Å². The van der Waals surface area contributed by atoms with Crippen molar-refractivity contribution in [3.05, 3.63) is 52.3 Å². The summed E-state index contributed by atoms with van der Waals surface area (Å²) in [5, 5.41) is 1.18. The summed E-state index contributed by atoms with van der Waals surface area (Å²) < 4.78 is 0.637. The number of hydrogen-bond acceptors (Lipinski definition) is 3. The van der Waals surface area contributed by atoms with Crippen molar-refractivity contribution in [1.29, 1.82) is 0 Å². The van der Waals surface area contributed by atoms with Crippen LogP contribution in [0.2, 0.25) is 0 Å². The number of para-hydroxylation sites is 1. The lowest BCUT2D eigenvalue weighted by Gasteiger charge is -2.08. The molecule has 2 aromatic heterocycles. The highest BCUT2D eigenvalue weighted by atomic mass is 32.1. The van der Waals surface area contributed by atoms with Crippen molar-refractivity contribution >= 4 is 23.1 Å². The van der Waals surface area contributed by atoms with Crippen LogP contribution in [-0.2, 0) is 0 Å². The van der Waals surface area contributed by atoms with Crippen LogP contribution in [0.3, 0.4) is 0 Å². The van der Waals surface area contributed by atoms with Crippen LogP contribution in [0, 0.1) is 11.6 Å². The smallest absolute Gasteiger partial charge is 0.157 e. The van der Waals surface area contributed by atoms with Crippen LogP contribution < -0.4 is 0 Å². The third-order valence-electron chi connectivity index (χ3n) is 3.95. The van der Waals surface area contributed by atoms with Crippen molar-refractivity contribution in [1.82, 2.24) is 15.0 Å². The van der Waals surface area contributed by atoms with E-state index in [1.807, 2.05) is 24.3 Å². The molecule has 21 heavy (non-hydrogen) atoms. The molecule has 4 rings (SSSR count). The summed E-state index contributed by atoms with van der Waals surface area (Å²) in [6, 6.07) is 12.2. The summed E-state index contributed by atoms with van der Waals surface area (Å²) in [7, 11) is 0. The van der Waals surface area contributed by atoms with Gasteiger partial charge in [-0.1, -0.05) is 30.4 Å². The van der Waals surface area contributed by atoms with Crippen molar-refractivity contribution in [2.24, 2.45) is 0 Å². The van der Waals surface area contributed by atoms with Gasteiger partial charge in [0.15, 0.2) is 5.82 Å². The van der Waals surface area contributed by atoms with Crippen molar-refractivity contribution in [3.8, 4) is 11.5 Å². The first-order valence-electron chi connectivity index (χ1n) is 7.19. The molecule has 1 aliphatic rings. The van der Waals surface area contributed by atoms with E-state index in [1.54, 1.807) is 0 Å². The molecule has 0 unspecified atom stereocenters. The largest absolute Gasteiger partial charge is 0.342 e. The maximum Gasteiger partial charge on any atom is 0.157 e. The predicted octanol–water partition coefficient (Wildman–Crippen LogP) is 4.54. The highest BCUT2D eigenvalue weighted by molar-refractivity contribution is 7.71. The van der Waals surface area contributed by atoms with E-state index >= 15 is 0 Å². The summed E-state index contributed by atoms with van der Waals surface area (Å²) in [6.45, 7) is 2.10. The fourth-order valence-corrected chi connectivity index (χ4v) is 2.90. The molecule has 0 bridgehead atoms. The lowest BCUT2D eigenvalue weighted by molar-refractivity contribution is 0.982. The Morgan fingerprint density at radius 1 is 1.14 bits per heavy atom. The number of benzene rings is 1. The molecule has 3 nitrogen and oxygen atoms in total. The third-order valence-corrected chi connectivity index (χ3v) is 4.16. The zero-order chi connectivity index (χ0) is 14.4. The van der Waals surface area contributed by atoms with Gasteiger partial charge in [-0.05, 0) is 49.4 Å². The number of aromatic nitrogens is 3. The first-order chi connectivity index (χ1) is 10.2. The quantitative estimate of drug-likeness (QED) is 0.705. The molecule has 0 saturated heterocycles. The van der Waals surface area contributed by atoms with Gasteiger partial charge in [0.1, 0.15) is 10.3 Å². The van der Waals surface area contributed by atoms with Crippen LogP contribution >= 0.6 is 12.2 Å². The molecule has 0 spiro atoms. The van der Waals surface area contributed by atoms with E-state index in [9.17, 15) is 0 Å². The fraction of sp³-hybridized carbons (Fsp3) is 0.235. The van der Waals surface area contributed by atoms with Crippen molar-refractivity contribution in [2.45, 2.75) is 25.7 Å². The number of H-pyrrole nitrogens is 1. The Balaban J connectivity index is 1.91. The van der Waals surface area contributed by atoms with E-state index < -0.39 is 0 Å². The molecule has 0 amide bonds. The molecule has 1 N–H and O–H groups in total. The van der Waals surface area contributed by atoms with Gasteiger partial charge in [0.2, 0.25) is 0 Å². The first-order valence-corrected chi connectivity index (χ1v) is 7.59. The Labute approximate surface area is 128 Å². The van der Waals surface area contributed by atoms with Gasteiger partial charge in [-0.3, -0.25) is 0 Å². The topological polar surface area (TPSA) is 41.6 Å². The Morgan fingerprint density at radius 3 is 2.76 bits per heavy atom. The molecule has 0 radical (unpaired) electrons. The van der Waals surface area contributed by atoms with Crippen molar-refractivity contribution < 1.29 is 0 Å². The molecule has 104 valence electrons. The Bertz CT molecular complexity index is 894. The zero-order valence-electron chi connectivity index (χ0n) is 11.8. The maximum absolute atomic E-state index is 5.30. The van der Waals surface area contributed by atoms with E-state index in [1.165, 1.54) is 29.5 Å². The summed E-state index contributed by atoms with van der Waals surface area (Å²) in [5.41, 5.74) is 4.25. The summed E-state index contributed by atoms with van der Waals surface area (Å²) >= 11 is 5.30. The van der Waals surface area contributed by atoms with Crippen LogP contribution in [0.5, 0.6) is 0 Å². The van der Waals surface area contributed by atoms with Crippen molar-refractivity contribution in [2.75, 3.05) is 0 Å². The minimum atomic E-state index is 0.620. The number of pyridine rings is 1. The third kappa shape index (κ3) is 2.36. The standard InChI is InChI=1S/C17H15N3S/c1-10-8-15(18-13-5-3-2-4-12(10)13)17-19-14(11-6-7-11)9-16(21)20-17/h2-5,8-9,11H,6-7H2,1H3,(H,19,20,21). The van der Waals surface area contributed by atoms with Crippen LogP contribution in [0.15, 0.2) is 36.4 Å². The van der Waals surface area contributed by atoms with Gasteiger partial charge in [-0.2, -0.15) is 0 Å². The SMILES string of the molecule is Cc1cc(-c2nc(=S)cc(C3CC3)[nH]2)nc2ccccc12. The second-order valence-electron chi connectivity index (χ2n) is 5.64. The van der Waals surface area contributed by atoms with Gasteiger partial charge in [0, 0.05) is 11.1 Å². The highest BCUT2D eigenvalue weighted by Gasteiger charge is 2.25. The molecule has 1 aromatic carbocycles. The average Bonchev–Trinajstić information content (AvgIpc) is 3.31. The predicted molar refractivity (Wildman–Crippen MR) is 86.9 cm³/mol.